The fourth-order valence-electron chi connectivity index (χ4n) is 1.25. The molecular weight excluding hydrogens is 777 g/mol. The molecule has 47 heavy (non-hydrogen) atoms. The predicted octanol–water partition coefficient (Wildman–Crippen LogP) is 10.0. The molecule has 0 atom stereocenters. The first-order chi connectivity index (χ1) is 19.9. The number of hydrogen-bond acceptors (Lipinski definition) is 2. The van der Waals surface area contributed by atoms with E-state index in [2.05, 4.69) is 50.4 Å². The minimum Gasteiger partial charge on any atom is -0.418 e. The van der Waals surface area contributed by atoms with Crippen LogP contribution in [-0.2, 0) is 26.7 Å². The molecule has 6 radical (unpaired) electrons. The molecule has 0 bridgehead atoms. The van der Waals surface area contributed by atoms with Crippen molar-refractivity contribution >= 4 is 57.1 Å². The second-order valence-corrected chi connectivity index (χ2v) is 5.78. The van der Waals surface area contributed by atoms with Crippen LogP contribution in [0.3, 0.4) is 0 Å². The summed E-state index contributed by atoms with van der Waals surface area (Å²) in [5, 5.41) is 0. The minimum atomic E-state index is -6.00. The van der Waals surface area contributed by atoms with Crippen LogP contribution in [0.5, 0.6) is 0 Å². The molecular formula is C14H10B6F24FeO2-6. The van der Waals surface area contributed by atoms with Crippen LogP contribution in [0.15, 0.2) is 54.1 Å². The molecule has 0 amide bonds. The molecule has 1 aromatic carbocycles. The molecule has 0 spiro atoms. The van der Waals surface area contributed by atoms with Crippen LogP contribution in [0, 0.1) is 6.42 Å². The van der Waals surface area contributed by atoms with E-state index in [9.17, 15) is 104 Å². The second-order valence-electron chi connectivity index (χ2n) is 5.78. The van der Waals surface area contributed by atoms with Gasteiger partial charge in [-0.05, 0) is 12.0 Å². The smallest absolute Gasteiger partial charge is 0.418 e. The van der Waals surface area contributed by atoms with Crippen LogP contribution in [0.1, 0.15) is 12.0 Å². The second kappa shape index (κ2) is 31.8. The molecule has 33 heteroatoms. The fraction of sp³-hybridized carbons (Fsp3) is 0.0714. The van der Waals surface area contributed by atoms with E-state index in [1.165, 1.54) is 5.57 Å². The molecule has 278 valence electrons. The fourth-order valence-corrected chi connectivity index (χ4v) is 1.25. The summed E-state index contributed by atoms with van der Waals surface area (Å²) >= 11 is 0. The van der Waals surface area contributed by atoms with Crippen molar-refractivity contribution in [3.63, 3.8) is 0 Å². The maximum Gasteiger partial charge on any atom is 0.673 e. The van der Waals surface area contributed by atoms with Crippen LogP contribution in [-0.4, -0.2) is 57.1 Å². The van der Waals surface area contributed by atoms with Gasteiger partial charge in [-0.25, -0.2) is 0 Å². The number of allylic oxidation sites excluding steroid dienone is 4. The number of carbonyl (C=O) groups excluding carboxylic acids is 2. The van der Waals surface area contributed by atoms with Crippen molar-refractivity contribution in [1.82, 2.24) is 0 Å². The zero-order chi connectivity index (χ0) is 39.2. The predicted molar refractivity (Wildman–Crippen MR) is 123 cm³/mol. The molecule has 2 rings (SSSR count). The summed E-state index contributed by atoms with van der Waals surface area (Å²) in [5.41, 5.74) is 2.42. The van der Waals surface area contributed by atoms with Crippen molar-refractivity contribution in [2.45, 2.75) is 6.42 Å². The van der Waals surface area contributed by atoms with E-state index in [1.54, 1.807) is 0 Å². The zero-order valence-electron chi connectivity index (χ0n) is 21.5. The first-order valence-corrected chi connectivity index (χ1v) is 9.77. The molecule has 1 aliphatic carbocycles. The number of rotatable bonds is 2. The Morgan fingerprint density at radius 1 is 0.447 bits per heavy atom. The van der Waals surface area contributed by atoms with Gasteiger partial charge in [0, 0.05) is 23.5 Å². The molecule has 0 saturated carbocycles. The zero-order valence-corrected chi connectivity index (χ0v) is 22.6. The molecule has 1 aliphatic rings. The molecule has 0 N–H and O–H groups in total. The molecule has 0 aromatic heterocycles. The number of benzene rings is 1. The Kier molecular flexibility index (Phi) is 42.7. The summed E-state index contributed by atoms with van der Waals surface area (Å²) in [6, 6.07) is 10.2. The molecule has 0 fully saturated rings. The Morgan fingerprint density at radius 2 is 0.660 bits per heavy atom. The van der Waals surface area contributed by atoms with Gasteiger partial charge in [0.1, 0.15) is 0 Å². The Bertz CT molecular complexity index is 738. The Labute approximate surface area is 260 Å². The molecule has 0 unspecified atom stereocenters. The topological polar surface area (TPSA) is 34.1 Å². The van der Waals surface area contributed by atoms with Gasteiger partial charge in [0.15, 0.2) is 0 Å². The van der Waals surface area contributed by atoms with Crippen molar-refractivity contribution in [3.05, 3.63) is 66.1 Å². The number of hydrogen-bond donors (Lipinski definition) is 0. The summed E-state index contributed by atoms with van der Waals surface area (Å²) in [7, 11) is -36.0. The summed E-state index contributed by atoms with van der Waals surface area (Å²) in [6.07, 6.45) is 10.7. The van der Waals surface area contributed by atoms with Crippen molar-refractivity contribution in [2.24, 2.45) is 0 Å². The molecule has 1 aromatic rings. The van der Waals surface area contributed by atoms with Gasteiger partial charge in [-0.2, -0.15) is 0 Å². The molecule has 2 nitrogen and oxygen atoms in total. The van der Waals surface area contributed by atoms with Gasteiger partial charge in [0.05, 0.1) is 0 Å². The van der Waals surface area contributed by atoms with E-state index in [0.717, 1.165) is 12.0 Å². The first kappa shape index (κ1) is 63.0. The summed E-state index contributed by atoms with van der Waals surface area (Å²) < 4.78 is 234. The normalized spacial score (nSPS) is 11.6. The van der Waals surface area contributed by atoms with Gasteiger partial charge < -0.3 is 104 Å². The van der Waals surface area contributed by atoms with Crippen LogP contribution in [0.25, 0.3) is 0 Å². The number of halogens is 24. The third-order valence-electron chi connectivity index (χ3n) is 1.85. The Morgan fingerprint density at radius 3 is 0.830 bits per heavy atom. The van der Waals surface area contributed by atoms with Gasteiger partial charge in [-0.1, -0.05) is 54.1 Å². The maximum absolute atomic E-state index is 9.75. The van der Waals surface area contributed by atoms with Crippen molar-refractivity contribution in [3.8, 4) is 0 Å². The minimum absolute atomic E-state index is 0. The summed E-state index contributed by atoms with van der Waals surface area (Å²) in [4.78, 5) is 15.0. The van der Waals surface area contributed by atoms with Crippen molar-refractivity contribution in [2.75, 3.05) is 0 Å². The van der Waals surface area contributed by atoms with E-state index in [-0.39, 0.29) is 17.1 Å². The van der Waals surface area contributed by atoms with Gasteiger partial charge >= 0.3 is 43.5 Å². The first-order valence-electron chi connectivity index (χ1n) is 9.77. The Hall–Kier alpha value is -2.73. The quantitative estimate of drug-likeness (QED) is 0.221. The average Bonchev–Trinajstić information content (AvgIpc) is 3.23. The third kappa shape index (κ3) is 278. The van der Waals surface area contributed by atoms with E-state index < -0.39 is 43.5 Å². The van der Waals surface area contributed by atoms with Crippen LogP contribution in [0.4, 0.5) is 104 Å². The van der Waals surface area contributed by atoms with E-state index in [1.807, 2.05) is 18.2 Å². The van der Waals surface area contributed by atoms with Crippen LogP contribution in [0.2, 0.25) is 0 Å². The van der Waals surface area contributed by atoms with Gasteiger partial charge in [0.2, 0.25) is 0 Å². The van der Waals surface area contributed by atoms with Gasteiger partial charge in [-0.3, -0.25) is 9.59 Å². The Balaban J connectivity index is -0.0000000642. The van der Waals surface area contributed by atoms with Crippen molar-refractivity contribution in [1.29, 1.82) is 0 Å². The molecule has 0 heterocycles. The SMILES string of the molecule is F[B-](F)(F)F.F[B-](F)(F)F.F[B-](F)(F)F.F[B-](F)(F)F.F[B-](F)(F)F.F[B-](F)(F)F.[C](C1=CC=CC1)c1ccccc1.[C]=O.[C]=O.[Fe]. The van der Waals surface area contributed by atoms with Gasteiger partial charge in [-0.15, -0.1) is 0 Å². The summed E-state index contributed by atoms with van der Waals surface area (Å²) in [6.45, 7) is 9.00. The third-order valence-corrected chi connectivity index (χ3v) is 1.85. The standard InChI is InChI=1S/C12H10.2CO.6BF4.Fe/c1-2-6-11(7-3-1)10-12-8-4-5-9-12;2*1-2;6*2-1(3,4)5;/h1-8H,9H2;;;;;;;;;/q;;;6*-1;. The average molecular weight is 787 g/mol. The maximum atomic E-state index is 9.75. The van der Waals surface area contributed by atoms with Crippen LogP contribution < -0.4 is 0 Å². The summed E-state index contributed by atoms with van der Waals surface area (Å²) in [5.74, 6) is 0. The molecule has 0 aliphatic heterocycles. The van der Waals surface area contributed by atoms with E-state index in [4.69, 9.17) is 9.59 Å². The molecule has 0 saturated heterocycles. The van der Waals surface area contributed by atoms with Crippen LogP contribution >= 0.6 is 0 Å². The van der Waals surface area contributed by atoms with E-state index in [0.29, 0.717) is 0 Å². The monoisotopic (exact) mass is 788 g/mol. The van der Waals surface area contributed by atoms with Crippen molar-refractivity contribution < 1.29 is 130 Å². The largest absolute Gasteiger partial charge is 0.673 e. The van der Waals surface area contributed by atoms with Gasteiger partial charge in [0.25, 0.3) is 13.6 Å². The van der Waals surface area contributed by atoms with E-state index >= 15 is 0 Å².